The zero-order chi connectivity index (χ0) is 15.0. The summed E-state index contributed by atoms with van der Waals surface area (Å²) in [6.07, 6.45) is 0. The van der Waals surface area contributed by atoms with Crippen LogP contribution >= 0.6 is 0 Å². The number of hydrogen-bond donors (Lipinski definition) is 2. The van der Waals surface area contributed by atoms with Crippen molar-refractivity contribution in [3.8, 4) is 0 Å². The van der Waals surface area contributed by atoms with Gasteiger partial charge in [0.1, 0.15) is 13.2 Å². The fourth-order valence-electron chi connectivity index (χ4n) is 1.48. The van der Waals surface area contributed by atoms with E-state index >= 15 is 0 Å². The summed E-state index contributed by atoms with van der Waals surface area (Å²) in [5.74, 6) is -2.40. The van der Waals surface area contributed by atoms with Gasteiger partial charge in [-0.1, -0.05) is 30.3 Å². The van der Waals surface area contributed by atoms with Crippen molar-refractivity contribution in [3.63, 3.8) is 0 Å². The summed E-state index contributed by atoms with van der Waals surface area (Å²) in [4.78, 5) is 33.5. The van der Waals surface area contributed by atoms with Gasteiger partial charge >= 0.3 is 11.9 Å². The number of ether oxygens (including phenoxy) is 2. The van der Waals surface area contributed by atoms with E-state index in [-0.39, 0.29) is 0 Å². The monoisotopic (exact) mass is 281 g/mol. The molecule has 2 N–H and O–H groups in total. The van der Waals surface area contributed by atoms with Crippen LogP contribution in [-0.4, -0.2) is 43.3 Å². The van der Waals surface area contributed by atoms with Gasteiger partial charge in [0.2, 0.25) is 5.91 Å². The number of methoxy groups -OCH3 is 1. The van der Waals surface area contributed by atoms with Crippen molar-refractivity contribution in [2.75, 3.05) is 20.3 Å². The van der Waals surface area contributed by atoms with Gasteiger partial charge in [-0.25, -0.2) is 9.59 Å². The van der Waals surface area contributed by atoms with E-state index in [2.05, 4.69) is 14.8 Å². The van der Waals surface area contributed by atoms with Gasteiger partial charge in [0, 0.05) is 0 Å². The van der Waals surface area contributed by atoms with Crippen molar-refractivity contribution in [2.24, 2.45) is 0 Å². The molecule has 0 heterocycles. The number of esters is 1. The predicted molar refractivity (Wildman–Crippen MR) is 67.8 cm³/mol. The number of carbonyl (C=O) groups is 3. The molecule has 20 heavy (non-hydrogen) atoms. The molecule has 0 radical (unpaired) electrons. The third kappa shape index (κ3) is 5.07. The lowest BCUT2D eigenvalue weighted by Gasteiger charge is -2.16. The Hall–Kier alpha value is -2.41. The molecule has 0 aromatic heterocycles. The Morgan fingerprint density at radius 1 is 1.20 bits per heavy atom. The molecule has 0 spiro atoms. The summed E-state index contributed by atoms with van der Waals surface area (Å²) in [5.41, 5.74) is 0.561. The molecule has 7 nitrogen and oxygen atoms in total. The quantitative estimate of drug-likeness (QED) is 0.688. The summed E-state index contributed by atoms with van der Waals surface area (Å²) in [6, 6.07) is 7.59. The highest BCUT2D eigenvalue weighted by Gasteiger charge is 2.23. The molecule has 0 saturated carbocycles. The lowest BCUT2D eigenvalue weighted by molar-refractivity contribution is -0.148. The second-order valence-corrected chi connectivity index (χ2v) is 3.82. The van der Waals surface area contributed by atoms with Gasteiger partial charge in [-0.3, -0.25) is 4.79 Å². The molecule has 7 heteroatoms. The molecule has 1 rings (SSSR count). The first-order valence-electron chi connectivity index (χ1n) is 5.76. The Labute approximate surface area is 115 Å². The fourth-order valence-corrected chi connectivity index (χ4v) is 1.48. The molecule has 0 aliphatic carbocycles. The van der Waals surface area contributed by atoms with Crippen molar-refractivity contribution < 1.29 is 29.0 Å². The molecule has 1 amide bonds. The van der Waals surface area contributed by atoms with E-state index in [1.165, 1.54) is 7.11 Å². The molecular formula is C13H15NO6. The van der Waals surface area contributed by atoms with Crippen molar-refractivity contribution in [1.82, 2.24) is 5.32 Å². The van der Waals surface area contributed by atoms with Crippen LogP contribution in [0.4, 0.5) is 0 Å². The van der Waals surface area contributed by atoms with Crippen molar-refractivity contribution in [3.05, 3.63) is 35.9 Å². The number of hydrogen-bond acceptors (Lipinski definition) is 5. The lowest BCUT2D eigenvalue weighted by Crippen LogP contribution is -2.37. The number of aliphatic carboxylic acids is 1. The molecule has 0 aliphatic rings. The van der Waals surface area contributed by atoms with E-state index in [9.17, 15) is 14.4 Å². The molecule has 1 unspecified atom stereocenters. The molecule has 0 bridgehead atoms. The van der Waals surface area contributed by atoms with Crippen molar-refractivity contribution >= 4 is 17.8 Å². The Morgan fingerprint density at radius 2 is 1.85 bits per heavy atom. The smallest absolute Gasteiger partial charge is 0.333 e. The van der Waals surface area contributed by atoms with Gasteiger partial charge in [-0.2, -0.15) is 0 Å². The largest absolute Gasteiger partial charge is 0.480 e. The number of carboxylic acids is 1. The maximum atomic E-state index is 11.7. The zero-order valence-electron chi connectivity index (χ0n) is 10.9. The Balaban J connectivity index is 2.64. The molecular weight excluding hydrogens is 266 g/mol. The van der Waals surface area contributed by atoms with E-state index in [1.54, 1.807) is 30.3 Å². The minimum absolute atomic E-state index is 0.452. The van der Waals surface area contributed by atoms with Crippen LogP contribution in [0.5, 0.6) is 0 Å². The first kappa shape index (κ1) is 15.6. The molecule has 1 aromatic carbocycles. The first-order chi connectivity index (χ1) is 9.54. The van der Waals surface area contributed by atoms with E-state index in [0.717, 1.165) is 0 Å². The Bertz CT molecular complexity index is 473. The number of benzene rings is 1. The minimum atomic E-state index is -1.18. The van der Waals surface area contributed by atoms with Crippen molar-refractivity contribution in [1.29, 1.82) is 0 Å². The van der Waals surface area contributed by atoms with E-state index in [0.29, 0.717) is 5.56 Å². The van der Waals surface area contributed by atoms with Crippen LogP contribution in [0.2, 0.25) is 0 Å². The van der Waals surface area contributed by atoms with Crippen LogP contribution in [0, 0.1) is 0 Å². The van der Waals surface area contributed by atoms with Crippen LogP contribution in [0.25, 0.3) is 0 Å². The summed E-state index contributed by atoms with van der Waals surface area (Å²) in [5, 5.41) is 10.8. The lowest BCUT2D eigenvalue weighted by atomic mass is 10.1. The predicted octanol–water partition coefficient (Wildman–Crippen LogP) is 0.118. The number of carbonyl (C=O) groups excluding carboxylic acids is 2. The van der Waals surface area contributed by atoms with Gasteiger partial charge < -0.3 is 19.9 Å². The van der Waals surface area contributed by atoms with Crippen LogP contribution in [-0.2, 0) is 23.9 Å². The van der Waals surface area contributed by atoms with Crippen LogP contribution in [0.1, 0.15) is 11.6 Å². The van der Waals surface area contributed by atoms with E-state index in [1.807, 2.05) is 0 Å². The van der Waals surface area contributed by atoms with Crippen molar-refractivity contribution in [2.45, 2.75) is 6.04 Å². The normalized spacial score (nSPS) is 11.4. The second kappa shape index (κ2) is 7.90. The van der Waals surface area contributed by atoms with Crippen LogP contribution in [0.15, 0.2) is 30.3 Å². The number of nitrogens with one attached hydrogen (secondary N) is 1. The molecule has 1 aromatic rings. The first-order valence-corrected chi connectivity index (χ1v) is 5.76. The average molecular weight is 281 g/mol. The van der Waals surface area contributed by atoms with Gasteiger partial charge in [0.05, 0.1) is 7.11 Å². The average Bonchev–Trinajstić information content (AvgIpc) is 2.44. The maximum absolute atomic E-state index is 11.7. The maximum Gasteiger partial charge on any atom is 0.333 e. The number of amides is 1. The van der Waals surface area contributed by atoms with Gasteiger partial charge in [0.15, 0.2) is 6.04 Å². The Morgan fingerprint density at radius 3 is 2.40 bits per heavy atom. The molecule has 0 fully saturated rings. The van der Waals surface area contributed by atoms with E-state index < -0.39 is 37.1 Å². The third-order valence-corrected chi connectivity index (χ3v) is 2.33. The Kier molecular flexibility index (Phi) is 6.18. The van der Waals surface area contributed by atoms with Crippen LogP contribution < -0.4 is 5.32 Å². The highest BCUT2D eigenvalue weighted by atomic mass is 16.5. The summed E-state index contributed by atoms with van der Waals surface area (Å²) < 4.78 is 9.27. The van der Waals surface area contributed by atoms with Crippen LogP contribution in [0.3, 0.4) is 0 Å². The SMILES string of the molecule is COC(=O)C(NC(=O)COCC(=O)O)c1ccccc1. The van der Waals surface area contributed by atoms with Gasteiger partial charge in [-0.05, 0) is 5.56 Å². The van der Waals surface area contributed by atoms with Gasteiger partial charge in [0.25, 0.3) is 0 Å². The number of rotatable bonds is 7. The third-order valence-electron chi connectivity index (χ3n) is 2.33. The standard InChI is InChI=1S/C13H15NO6/c1-19-13(18)12(9-5-3-2-4-6-9)14-10(15)7-20-8-11(16)17/h2-6,12H,7-8H2,1H3,(H,14,15)(H,16,17). The summed E-state index contributed by atoms with van der Waals surface area (Å²) in [7, 11) is 1.21. The summed E-state index contributed by atoms with van der Waals surface area (Å²) in [6.45, 7) is -1.03. The molecule has 1 atom stereocenters. The molecule has 0 saturated heterocycles. The fraction of sp³-hybridized carbons (Fsp3) is 0.308. The highest BCUT2D eigenvalue weighted by molar-refractivity contribution is 5.86. The zero-order valence-corrected chi connectivity index (χ0v) is 10.9. The van der Waals surface area contributed by atoms with Gasteiger partial charge in [-0.15, -0.1) is 0 Å². The molecule has 0 aliphatic heterocycles. The highest BCUT2D eigenvalue weighted by Crippen LogP contribution is 2.13. The second-order valence-electron chi connectivity index (χ2n) is 3.82. The molecule has 108 valence electrons. The van der Waals surface area contributed by atoms with E-state index in [4.69, 9.17) is 5.11 Å². The number of carboxylic acid groups (broad SMARTS) is 1. The summed E-state index contributed by atoms with van der Waals surface area (Å²) >= 11 is 0. The minimum Gasteiger partial charge on any atom is -0.480 e. The topological polar surface area (TPSA) is 102 Å².